The monoisotopic (exact) mass is 1040 g/mol. The molecule has 73 heavy (non-hydrogen) atoms. The summed E-state index contributed by atoms with van der Waals surface area (Å²) >= 11 is 0. The van der Waals surface area contributed by atoms with Gasteiger partial charge in [-0.1, -0.05) is 251 Å². The Kier molecular flexibility index (Phi) is 42.5. The molecular weight excluding hydrogens is 931 g/mol. The van der Waals surface area contributed by atoms with E-state index in [0.29, 0.717) is 6.42 Å². The van der Waals surface area contributed by atoms with Gasteiger partial charge >= 0.3 is 0 Å². The van der Waals surface area contributed by atoms with Gasteiger partial charge in [0.2, 0.25) is 5.91 Å². The molecule has 432 valence electrons. The van der Waals surface area contributed by atoms with Gasteiger partial charge in [-0.3, -0.25) is 4.79 Å². The number of amides is 1. The lowest BCUT2D eigenvalue weighted by Crippen LogP contribution is -2.65. The van der Waals surface area contributed by atoms with Crippen LogP contribution >= 0.6 is 0 Å². The van der Waals surface area contributed by atoms with Crippen molar-refractivity contribution in [3.63, 3.8) is 0 Å². The van der Waals surface area contributed by atoms with Crippen molar-refractivity contribution in [1.29, 1.82) is 0 Å². The van der Waals surface area contributed by atoms with Gasteiger partial charge in [0.05, 0.1) is 32.0 Å². The highest BCUT2D eigenvalue weighted by molar-refractivity contribution is 5.76. The van der Waals surface area contributed by atoms with Gasteiger partial charge in [0, 0.05) is 6.42 Å². The molecular formula is C59H113NO13. The van der Waals surface area contributed by atoms with Gasteiger partial charge in [0.15, 0.2) is 12.6 Å². The standard InChI is InChI=1S/C59H113NO13/c1-3-5-7-9-11-13-15-17-19-21-23-24-25-26-28-30-32-34-36-38-40-42-48(63)47(60-51(64)43-41-39-37-35-33-31-29-27-22-20-18-16-14-12-10-8-6-4-2)46-70-58-56(69)54(67)57(50(45-62)72-58)73-59-55(68)53(66)52(65)49(44-61)71-59/h40,42,47-50,52-59,61-63,65-69H,3-39,41,43-46H2,1-2H3,(H,60,64)/b42-40+. The van der Waals surface area contributed by atoms with Gasteiger partial charge in [0.25, 0.3) is 0 Å². The molecule has 2 saturated heterocycles. The number of aliphatic hydroxyl groups is 8. The zero-order chi connectivity index (χ0) is 53.2. The van der Waals surface area contributed by atoms with Crippen molar-refractivity contribution >= 4 is 5.91 Å². The zero-order valence-electron chi connectivity index (χ0n) is 46.4. The largest absolute Gasteiger partial charge is 0.394 e. The molecule has 14 heteroatoms. The summed E-state index contributed by atoms with van der Waals surface area (Å²) < 4.78 is 22.8. The maximum atomic E-state index is 13.3. The van der Waals surface area contributed by atoms with Crippen LogP contribution in [0.5, 0.6) is 0 Å². The van der Waals surface area contributed by atoms with Crippen LogP contribution in [0.1, 0.15) is 264 Å². The second-order valence-electron chi connectivity index (χ2n) is 21.8. The van der Waals surface area contributed by atoms with E-state index >= 15 is 0 Å². The molecule has 2 aliphatic rings. The fourth-order valence-electron chi connectivity index (χ4n) is 10.3. The third kappa shape index (κ3) is 31.7. The molecule has 0 saturated carbocycles. The van der Waals surface area contributed by atoms with Crippen molar-refractivity contribution in [3.8, 4) is 0 Å². The maximum Gasteiger partial charge on any atom is 0.220 e. The first kappa shape index (κ1) is 67.8. The van der Waals surface area contributed by atoms with Crippen LogP contribution in [0.4, 0.5) is 0 Å². The highest BCUT2D eigenvalue weighted by Crippen LogP contribution is 2.30. The summed E-state index contributed by atoms with van der Waals surface area (Å²) in [5, 5.41) is 87.1. The molecule has 2 aliphatic heterocycles. The van der Waals surface area contributed by atoms with E-state index in [1.165, 1.54) is 199 Å². The van der Waals surface area contributed by atoms with E-state index in [0.717, 1.165) is 38.5 Å². The molecule has 2 heterocycles. The molecule has 0 aliphatic carbocycles. The Morgan fingerprint density at radius 2 is 0.849 bits per heavy atom. The lowest BCUT2D eigenvalue weighted by molar-refractivity contribution is -0.359. The van der Waals surface area contributed by atoms with E-state index in [1.807, 2.05) is 6.08 Å². The first-order valence-electron chi connectivity index (χ1n) is 30.4. The summed E-state index contributed by atoms with van der Waals surface area (Å²) in [5.74, 6) is -0.234. The van der Waals surface area contributed by atoms with Gasteiger partial charge in [-0.15, -0.1) is 0 Å². The predicted molar refractivity (Wildman–Crippen MR) is 291 cm³/mol. The van der Waals surface area contributed by atoms with Crippen molar-refractivity contribution in [2.75, 3.05) is 19.8 Å². The van der Waals surface area contributed by atoms with E-state index in [1.54, 1.807) is 6.08 Å². The third-order valence-corrected chi connectivity index (χ3v) is 15.2. The van der Waals surface area contributed by atoms with Crippen molar-refractivity contribution in [2.24, 2.45) is 0 Å². The number of carbonyl (C=O) groups excluding carboxylic acids is 1. The van der Waals surface area contributed by atoms with Crippen LogP contribution in [-0.4, -0.2) is 140 Å². The fourth-order valence-corrected chi connectivity index (χ4v) is 10.3. The number of allylic oxidation sites excluding steroid dienone is 1. The fraction of sp³-hybridized carbons (Fsp3) is 0.949. The van der Waals surface area contributed by atoms with E-state index in [2.05, 4.69) is 19.2 Å². The molecule has 1 amide bonds. The number of rotatable bonds is 49. The molecule has 2 rings (SSSR count). The summed E-state index contributed by atoms with van der Waals surface area (Å²) in [6.45, 7) is 2.83. The maximum absolute atomic E-state index is 13.3. The van der Waals surface area contributed by atoms with Crippen molar-refractivity contribution in [3.05, 3.63) is 12.2 Å². The smallest absolute Gasteiger partial charge is 0.220 e. The minimum Gasteiger partial charge on any atom is -0.394 e. The van der Waals surface area contributed by atoms with E-state index in [9.17, 15) is 45.6 Å². The SMILES string of the molecule is CCCCCCCCCCCCCCCCCCCCC/C=C/C(O)C(COC1OC(CO)C(OC2OC(CO)C(O)C(O)C2O)C(O)C1O)NC(=O)CCCCCCCCCCCCCCCCCCCC. The number of aliphatic hydroxyl groups excluding tert-OH is 8. The summed E-state index contributed by atoms with van der Waals surface area (Å²) in [7, 11) is 0. The van der Waals surface area contributed by atoms with Gasteiger partial charge in [-0.05, 0) is 19.3 Å². The molecule has 2 fully saturated rings. The second-order valence-corrected chi connectivity index (χ2v) is 21.8. The van der Waals surface area contributed by atoms with Crippen LogP contribution in [0.2, 0.25) is 0 Å². The molecule has 0 bridgehead atoms. The van der Waals surface area contributed by atoms with Crippen LogP contribution in [0.3, 0.4) is 0 Å². The lowest BCUT2D eigenvalue weighted by atomic mass is 9.97. The Bertz CT molecular complexity index is 1280. The molecule has 9 N–H and O–H groups in total. The predicted octanol–water partition coefficient (Wildman–Crippen LogP) is 10.3. The van der Waals surface area contributed by atoms with Gasteiger partial charge < -0.3 is 65.1 Å². The minimum absolute atomic E-state index is 0.234. The van der Waals surface area contributed by atoms with Crippen LogP contribution in [0, 0.1) is 0 Å². The number of unbranched alkanes of at least 4 members (excludes halogenated alkanes) is 36. The highest BCUT2D eigenvalue weighted by Gasteiger charge is 2.51. The van der Waals surface area contributed by atoms with Crippen LogP contribution in [-0.2, 0) is 23.7 Å². The molecule has 12 unspecified atom stereocenters. The Morgan fingerprint density at radius 3 is 1.26 bits per heavy atom. The quantitative estimate of drug-likeness (QED) is 0.0204. The average Bonchev–Trinajstić information content (AvgIpc) is 3.39. The normalized spacial score (nSPS) is 25.4. The van der Waals surface area contributed by atoms with Gasteiger partial charge in [-0.25, -0.2) is 0 Å². The molecule has 0 aromatic rings. The van der Waals surface area contributed by atoms with Gasteiger partial charge in [0.1, 0.15) is 48.8 Å². The first-order valence-corrected chi connectivity index (χ1v) is 30.4. The molecule has 14 nitrogen and oxygen atoms in total. The average molecular weight is 1040 g/mol. The van der Waals surface area contributed by atoms with Crippen molar-refractivity contribution in [2.45, 2.75) is 338 Å². The number of carbonyl (C=O) groups is 1. The summed E-state index contributed by atoms with van der Waals surface area (Å²) in [5.41, 5.74) is 0. The highest BCUT2D eigenvalue weighted by atomic mass is 16.7. The van der Waals surface area contributed by atoms with E-state index in [-0.39, 0.29) is 18.9 Å². The molecule has 0 radical (unpaired) electrons. The van der Waals surface area contributed by atoms with Crippen LogP contribution in [0.15, 0.2) is 12.2 Å². The number of nitrogens with one attached hydrogen (secondary N) is 1. The summed E-state index contributed by atoms with van der Waals surface area (Å²) in [4.78, 5) is 13.3. The first-order chi connectivity index (χ1) is 35.6. The lowest BCUT2D eigenvalue weighted by Gasteiger charge is -2.46. The Balaban J connectivity index is 1.76. The second kappa shape index (κ2) is 45.7. The minimum atomic E-state index is -1.79. The summed E-state index contributed by atoms with van der Waals surface area (Å²) in [6.07, 6.45) is 35.3. The van der Waals surface area contributed by atoms with Crippen molar-refractivity contribution < 1.29 is 64.6 Å². The summed E-state index contributed by atoms with van der Waals surface area (Å²) in [6, 6.07) is -0.909. The number of hydrogen-bond acceptors (Lipinski definition) is 13. The number of ether oxygens (including phenoxy) is 4. The molecule has 0 aromatic heterocycles. The third-order valence-electron chi connectivity index (χ3n) is 15.2. The topological polar surface area (TPSA) is 228 Å². The van der Waals surface area contributed by atoms with Crippen LogP contribution in [0.25, 0.3) is 0 Å². The zero-order valence-corrected chi connectivity index (χ0v) is 46.4. The van der Waals surface area contributed by atoms with E-state index in [4.69, 9.17) is 18.9 Å². The Labute approximate surface area is 444 Å². The number of hydrogen-bond donors (Lipinski definition) is 9. The van der Waals surface area contributed by atoms with E-state index < -0.39 is 86.8 Å². The molecule has 12 atom stereocenters. The van der Waals surface area contributed by atoms with Gasteiger partial charge in [-0.2, -0.15) is 0 Å². The Hall–Kier alpha value is -1.27. The Morgan fingerprint density at radius 1 is 0.479 bits per heavy atom. The molecule has 0 aromatic carbocycles. The molecule has 0 spiro atoms. The van der Waals surface area contributed by atoms with Crippen LogP contribution < -0.4 is 5.32 Å². The van der Waals surface area contributed by atoms with Crippen molar-refractivity contribution in [1.82, 2.24) is 5.32 Å².